The summed E-state index contributed by atoms with van der Waals surface area (Å²) < 4.78 is 73.8. The third kappa shape index (κ3) is 5.42. The van der Waals surface area contributed by atoms with Crippen LogP contribution in [0.5, 0.6) is 5.75 Å². The molecule has 1 saturated carbocycles. The molecule has 0 saturated heterocycles. The van der Waals surface area contributed by atoms with Crippen LogP contribution in [0.2, 0.25) is 0 Å². The van der Waals surface area contributed by atoms with E-state index < -0.39 is 39.5 Å². The molecule has 1 heterocycles. The molecule has 2 aromatic carbocycles. The minimum atomic E-state index is -4.67. The maximum atomic E-state index is 13.4. The van der Waals surface area contributed by atoms with Gasteiger partial charge in [-0.25, -0.2) is 8.42 Å². The van der Waals surface area contributed by atoms with Crippen molar-refractivity contribution in [3.63, 3.8) is 0 Å². The second-order valence-corrected chi connectivity index (χ2v) is 11.6. The van der Waals surface area contributed by atoms with E-state index in [1.165, 1.54) is 29.5 Å². The fraction of sp³-hybridized carbons (Fsp3) is 0.375. The topological polar surface area (TPSA) is 110 Å². The number of carbonyl (C=O) groups excluding carboxylic acids is 1. The summed E-state index contributed by atoms with van der Waals surface area (Å²) in [5, 5.41) is 11.8. The van der Waals surface area contributed by atoms with E-state index in [0.717, 1.165) is 35.0 Å². The Morgan fingerprint density at radius 1 is 1.14 bits per heavy atom. The van der Waals surface area contributed by atoms with Gasteiger partial charge in [-0.05, 0) is 68.0 Å². The number of alkyl halides is 3. The highest BCUT2D eigenvalue weighted by atomic mass is 32.2. The average molecular weight is 553 g/mol. The smallest absolute Gasteiger partial charge is 0.419 e. The van der Waals surface area contributed by atoms with Gasteiger partial charge in [-0.1, -0.05) is 23.5 Å². The summed E-state index contributed by atoms with van der Waals surface area (Å²) in [4.78, 5) is 13.0. The number of hydrogen-bond acceptors (Lipinski definition) is 7. The zero-order chi connectivity index (χ0) is 26.4. The summed E-state index contributed by atoms with van der Waals surface area (Å²) in [5.41, 5.74) is 0.366. The van der Waals surface area contributed by atoms with Crippen LogP contribution >= 0.6 is 11.3 Å². The number of ether oxygens (including phenoxy) is 1. The molecule has 2 aliphatic rings. The number of hydrogen-bond donors (Lipinski definition) is 2. The maximum absolute atomic E-state index is 13.4. The van der Waals surface area contributed by atoms with Gasteiger partial charge >= 0.3 is 6.18 Å². The number of fused-ring (bicyclic) bond motifs is 1. The van der Waals surface area contributed by atoms with E-state index in [4.69, 9.17) is 4.74 Å². The highest BCUT2D eigenvalue weighted by Gasteiger charge is 2.37. The van der Waals surface area contributed by atoms with Gasteiger partial charge in [0.2, 0.25) is 5.13 Å². The average Bonchev–Trinajstić information content (AvgIpc) is 3.45. The van der Waals surface area contributed by atoms with Crippen molar-refractivity contribution in [3.8, 4) is 5.75 Å². The fourth-order valence-corrected chi connectivity index (χ4v) is 6.50. The van der Waals surface area contributed by atoms with Crippen LogP contribution in [0.1, 0.15) is 57.7 Å². The van der Waals surface area contributed by atoms with Crippen molar-refractivity contribution in [2.45, 2.75) is 55.6 Å². The van der Waals surface area contributed by atoms with Crippen molar-refractivity contribution in [1.29, 1.82) is 0 Å². The Kier molecular flexibility index (Phi) is 6.61. The Labute approximate surface area is 215 Å². The zero-order valence-corrected chi connectivity index (χ0v) is 21.3. The Bertz CT molecular complexity index is 1450. The number of para-hydroxylation sites is 1. The first-order chi connectivity index (χ1) is 17.5. The molecule has 0 spiro atoms. The molecule has 196 valence electrons. The van der Waals surface area contributed by atoms with E-state index in [-0.39, 0.29) is 22.2 Å². The number of benzene rings is 2. The number of amides is 1. The lowest BCUT2D eigenvalue weighted by molar-refractivity contribution is -0.138. The number of nitrogens with zero attached hydrogens (tertiary/aromatic N) is 2. The second kappa shape index (κ2) is 9.60. The molecule has 2 N–H and O–H groups in total. The number of nitrogens with one attached hydrogen (secondary N) is 2. The molecule has 0 radical (unpaired) electrons. The first kappa shape index (κ1) is 25.5. The van der Waals surface area contributed by atoms with Crippen LogP contribution in [0, 0.1) is 0 Å². The normalized spacial score (nSPS) is 17.4. The van der Waals surface area contributed by atoms with Crippen LogP contribution < -0.4 is 14.8 Å². The van der Waals surface area contributed by atoms with Gasteiger partial charge < -0.3 is 10.1 Å². The molecular weight excluding hydrogens is 529 g/mol. The van der Waals surface area contributed by atoms with Gasteiger partial charge in [0.1, 0.15) is 10.8 Å². The predicted molar refractivity (Wildman–Crippen MR) is 130 cm³/mol. The van der Waals surface area contributed by atoms with Crippen molar-refractivity contribution in [2.24, 2.45) is 0 Å². The summed E-state index contributed by atoms with van der Waals surface area (Å²) in [5.74, 6) is -0.834. The first-order valence-electron chi connectivity index (χ1n) is 11.7. The molecule has 3 aromatic rings. The number of carbonyl (C=O) groups is 1. The SMILES string of the molecule is CCOc1c(C(=O)NC2Cc3ccc(S(=O)(=O)Nc4nnc(C5CC5)s4)cc3C2)cccc1C(F)(F)F. The van der Waals surface area contributed by atoms with Gasteiger partial charge in [0.15, 0.2) is 0 Å². The monoisotopic (exact) mass is 552 g/mol. The zero-order valence-electron chi connectivity index (χ0n) is 19.6. The Morgan fingerprint density at radius 2 is 1.89 bits per heavy atom. The molecule has 8 nitrogen and oxygen atoms in total. The summed E-state index contributed by atoms with van der Waals surface area (Å²) >= 11 is 1.22. The van der Waals surface area contributed by atoms with Crippen LogP contribution in [-0.2, 0) is 29.0 Å². The van der Waals surface area contributed by atoms with Gasteiger partial charge in [-0.15, -0.1) is 10.2 Å². The van der Waals surface area contributed by atoms with Crippen molar-refractivity contribution in [3.05, 3.63) is 63.7 Å². The lowest BCUT2D eigenvalue weighted by Gasteiger charge is -2.18. The molecule has 13 heteroatoms. The summed E-state index contributed by atoms with van der Waals surface area (Å²) in [6, 6.07) is 7.62. The van der Waals surface area contributed by atoms with Gasteiger partial charge in [-0.3, -0.25) is 9.52 Å². The van der Waals surface area contributed by atoms with E-state index in [2.05, 4.69) is 20.2 Å². The summed E-state index contributed by atoms with van der Waals surface area (Å²) in [7, 11) is -3.89. The van der Waals surface area contributed by atoms with Crippen LogP contribution in [0.15, 0.2) is 41.3 Å². The van der Waals surface area contributed by atoms with Crippen molar-refractivity contribution in [2.75, 3.05) is 11.3 Å². The Morgan fingerprint density at radius 3 is 2.59 bits per heavy atom. The Hall–Kier alpha value is -3.19. The van der Waals surface area contributed by atoms with E-state index in [1.807, 2.05) is 0 Å². The largest absolute Gasteiger partial charge is 0.492 e. The molecule has 5 rings (SSSR count). The highest BCUT2D eigenvalue weighted by molar-refractivity contribution is 7.93. The first-order valence-corrected chi connectivity index (χ1v) is 14.0. The standard InChI is InChI=1S/C24H23F3N4O4S2/c1-2-35-20-18(4-3-5-19(20)24(25,26)27)21(32)28-16-10-14-8-9-17(12-15(14)11-16)37(33,34)31-23-30-29-22(36-23)13-6-7-13/h3-5,8-9,12-13,16H,2,6-7,10-11H2,1H3,(H,28,32)(H,30,31). The molecule has 2 aliphatic carbocycles. The maximum Gasteiger partial charge on any atom is 0.419 e. The van der Waals surface area contributed by atoms with Gasteiger partial charge in [-0.2, -0.15) is 13.2 Å². The minimum absolute atomic E-state index is 0.0352. The summed E-state index contributed by atoms with van der Waals surface area (Å²) in [6.45, 7) is 1.51. The molecule has 1 amide bonds. The molecule has 1 unspecified atom stereocenters. The van der Waals surface area contributed by atoms with Crippen LogP contribution in [0.25, 0.3) is 0 Å². The molecule has 0 aliphatic heterocycles. The Balaban J connectivity index is 1.30. The lowest BCUT2D eigenvalue weighted by Crippen LogP contribution is -2.35. The third-order valence-corrected chi connectivity index (χ3v) is 8.67. The molecule has 0 bridgehead atoms. The quantitative estimate of drug-likeness (QED) is 0.425. The number of halogens is 3. The van der Waals surface area contributed by atoms with E-state index >= 15 is 0 Å². The molecule has 1 fully saturated rings. The van der Waals surface area contributed by atoms with Crippen molar-refractivity contribution in [1.82, 2.24) is 15.5 Å². The number of aromatic nitrogens is 2. The van der Waals surface area contributed by atoms with Crippen molar-refractivity contribution >= 4 is 32.4 Å². The molecular formula is C24H23F3N4O4S2. The minimum Gasteiger partial charge on any atom is -0.492 e. The number of rotatable bonds is 8. The fourth-order valence-electron chi connectivity index (χ4n) is 4.31. The lowest BCUT2D eigenvalue weighted by atomic mass is 10.1. The molecule has 37 heavy (non-hydrogen) atoms. The highest BCUT2D eigenvalue weighted by Crippen LogP contribution is 2.42. The third-order valence-electron chi connectivity index (χ3n) is 6.20. The van der Waals surface area contributed by atoms with Crippen molar-refractivity contribution < 1.29 is 31.1 Å². The molecule has 1 aromatic heterocycles. The second-order valence-electron chi connectivity index (χ2n) is 8.95. The van der Waals surface area contributed by atoms with E-state index in [0.29, 0.717) is 18.8 Å². The van der Waals surface area contributed by atoms with Crippen LogP contribution in [0.4, 0.5) is 18.3 Å². The summed E-state index contributed by atoms with van der Waals surface area (Å²) in [6.07, 6.45) is -1.86. The van der Waals surface area contributed by atoms with E-state index in [1.54, 1.807) is 19.1 Å². The van der Waals surface area contributed by atoms with Crippen LogP contribution in [0.3, 0.4) is 0 Å². The predicted octanol–water partition coefficient (Wildman–Crippen LogP) is 4.53. The van der Waals surface area contributed by atoms with Gasteiger partial charge in [0.25, 0.3) is 15.9 Å². The van der Waals surface area contributed by atoms with Gasteiger partial charge in [0.05, 0.1) is 22.6 Å². The van der Waals surface area contributed by atoms with Crippen LogP contribution in [-0.4, -0.2) is 37.2 Å². The number of sulfonamides is 1. The molecule has 1 atom stereocenters. The van der Waals surface area contributed by atoms with Gasteiger partial charge in [0, 0.05) is 12.0 Å². The van der Waals surface area contributed by atoms with E-state index in [9.17, 15) is 26.4 Å². The number of anilines is 1.